The molecule has 0 fully saturated rings. The van der Waals surface area contributed by atoms with Crippen LogP contribution in [0.4, 0.5) is 5.69 Å². The number of nitrogens with zero attached hydrogens (tertiary/aromatic N) is 2. The number of rotatable bonds is 6. The lowest BCUT2D eigenvalue weighted by Crippen LogP contribution is -2.30. The largest absolute Gasteiger partial charge is 0.494 e. The average Bonchev–Trinajstić information content (AvgIpc) is 2.97. The van der Waals surface area contributed by atoms with Crippen molar-refractivity contribution in [1.82, 2.24) is 0 Å². The lowest BCUT2D eigenvalue weighted by atomic mass is 10.1. The van der Waals surface area contributed by atoms with Gasteiger partial charge in [-0.15, -0.1) is 6.58 Å². The van der Waals surface area contributed by atoms with Crippen molar-refractivity contribution in [3.63, 3.8) is 0 Å². The van der Waals surface area contributed by atoms with E-state index < -0.39 is 0 Å². The van der Waals surface area contributed by atoms with Gasteiger partial charge in [0.1, 0.15) is 11.4 Å². The second-order valence-corrected chi connectivity index (χ2v) is 6.99. The van der Waals surface area contributed by atoms with Crippen molar-refractivity contribution >= 4 is 34.6 Å². The maximum atomic E-state index is 13.0. The fourth-order valence-corrected chi connectivity index (χ4v) is 3.45. The molecular formula is C22H22N2O2S. The number of ether oxygens (including phenoxy) is 1. The van der Waals surface area contributed by atoms with Gasteiger partial charge >= 0.3 is 0 Å². The summed E-state index contributed by atoms with van der Waals surface area (Å²) in [6, 6.07) is 15.5. The number of carbonyl (C=O) groups is 1. The van der Waals surface area contributed by atoms with Gasteiger partial charge in [0.05, 0.1) is 12.3 Å². The van der Waals surface area contributed by atoms with Gasteiger partial charge in [-0.25, -0.2) is 4.99 Å². The summed E-state index contributed by atoms with van der Waals surface area (Å²) in [4.78, 5) is 19.3. The van der Waals surface area contributed by atoms with Gasteiger partial charge in [0.15, 0.2) is 5.17 Å². The van der Waals surface area contributed by atoms with E-state index in [1.165, 1.54) is 11.8 Å². The molecule has 1 amide bonds. The quantitative estimate of drug-likeness (QED) is 0.521. The first-order chi connectivity index (χ1) is 13.1. The number of benzene rings is 2. The van der Waals surface area contributed by atoms with Crippen LogP contribution >= 0.6 is 11.8 Å². The molecule has 5 heteroatoms. The average molecular weight is 378 g/mol. The van der Waals surface area contributed by atoms with Crippen molar-refractivity contribution in [3.8, 4) is 5.75 Å². The first-order valence-corrected chi connectivity index (χ1v) is 9.79. The highest BCUT2D eigenvalue weighted by Gasteiger charge is 2.31. The summed E-state index contributed by atoms with van der Waals surface area (Å²) in [5.41, 5.74) is 3.25. The normalized spacial score (nSPS) is 15.2. The van der Waals surface area contributed by atoms with Gasteiger partial charge < -0.3 is 4.74 Å². The van der Waals surface area contributed by atoms with Crippen LogP contribution in [-0.4, -0.2) is 23.4 Å². The lowest BCUT2D eigenvalue weighted by molar-refractivity contribution is -0.113. The number of thioether (sulfide) groups is 1. The number of hydrogen-bond donors (Lipinski definition) is 0. The van der Waals surface area contributed by atoms with Crippen LogP contribution in [0.5, 0.6) is 5.75 Å². The highest BCUT2D eigenvalue weighted by Crippen LogP contribution is 2.30. The zero-order valence-corrected chi connectivity index (χ0v) is 16.3. The molecule has 27 heavy (non-hydrogen) atoms. The smallest absolute Gasteiger partial charge is 0.283 e. The Hall–Kier alpha value is -2.79. The van der Waals surface area contributed by atoms with E-state index in [9.17, 15) is 4.79 Å². The Kier molecular flexibility index (Phi) is 6.14. The lowest BCUT2D eigenvalue weighted by Gasteiger charge is -2.17. The number of amides is 1. The van der Waals surface area contributed by atoms with Crippen LogP contribution in [0.25, 0.3) is 6.08 Å². The van der Waals surface area contributed by atoms with Gasteiger partial charge in [0.2, 0.25) is 0 Å². The number of anilines is 1. The van der Waals surface area contributed by atoms with Gasteiger partial charge in [-0.1, -0.05) is 42.1 Å². The molecule has 138 valence electrons. The second kappa shape index (κ2) is 8.73. The third-order valence-electron chi connectivity index (χ3n) is 3.91. The van der Waals surface area contributed by atoms with Crippen LogP contribution in [0, 0.1) is 6.92 Å². The molecule has 0 aliphatic carbocycles. The summed E-state index contributed by atoms with van der Waals surface area (Å²) in [6.07, 6.45) is 3.61. The SMILES string of the molecule is C=CCSC1=N/C(=C/c2ccc(OCC)cc2)C(=O)N1c1cccc(C)c1. The first kappa shape index (κ1) is 19.0. The predicted molar refractivity (Wildman–Crippen MR) is 114 cm³/mol. The van der Waals surface area contributed by atoms with Gasteiger partial charge in [-0.05, 0) is 55.3 Å². The number of hydrogen-bond acceptors (Lipinski definition) is 4. The van der Waals surface area contributed by atoms with E-state index in [4.69, 9.17) is 4.74 Å². The fraction of sp³-hybridized carbons (Fsp3) is 0.182. The van der Waals surface area contributed by atoms with Crippen molar-refractivity contribution in [1.29, 1.82) is 0 Å². The Balaban J connectivity index is 1.92. The molecule has 3 rings (SSSR count). The molecule has 0 radical (unpaired) electrons. The molecule has 0 aromatic heterocycles. The number of aryl methyl sites for hydroxylation is 1. The van der Waals surface area contributed by atoms with Gasteiger partial charge in [-0.3, -0.25) is 9.69 Å². The zero-order valence-electron chi connectivity index (χ0n) is 15.5. The summed E-state index contributed by atoms with van der Waals surface area (Å²) < 4.78 is 5.46. The Morgan fingerprint density at radius 2 is 2.00 bits per heavy atom. The molecule has 2 aromatic rings. The fourth-order valence-electron chi connectivity index (χ4n) is 2.71. The third-order valence-corrected chi connectivity index (χ3v) is 4.85. The van der Waals surface area contributed by atoms with Crippen molar-refractivity contribution in [3.05, 3.63) is 78.0 Å². The minimum absolute atomic E-state index is 0.124. The van der Waals surface area contributed by atoms with Crippen LogP contribution in [0.2, 0.25) is 0 Å². The predicted octanol–water partition coefficient (Wildman–Crippen LogP) is 5.06. The Bertz CT molecular complexity index is 901. The van der Waals surface area contributed by atoms with Crippen LogP contribution in [0.15, 0.2) is 71.9 Å². The maximum Gasteiger partial charge on any atom is 0.283 e. The maximum absolute atomic E-state index is 13.0. The molecule has 0 N–H and O–H groups in total. The number of amidine groups is 1. The van der Waals surface area contributed by atoms with Gasteiger partial charge in [-0.2, -0.15) is 0 Å². The van der Waals surface area contributed by atoms with Crippen LogP contribution in [-0.2, 0) is 4.79 Å². The van der Waals surface area contributed by atoms with E-state index in [0.29, 0.717) is 23.2 Å². The highest BCUT2D eigenvalue weighted by molar-refractivity contribution is 8.14. The third kappa shape index (κ3) is 4.49. The van der Waals surface area contributed by atoms with Crippen LogP contribution < -0.4 is 9.64 Å². The Morgan fingerprint density at radius 3 is 2.67 bits per heavy atom. The van der Waals surface area contributed by atoms with Gasteiger partial charge in [0, 0.05) is 5.75 Å². The summed E-state index contributed by atoms with van der Waals surface area (Å²) in [5.74, 6) is 1.37. The number of carbonyl (C=O) groups excluding carboxylic acids is 1. The zero-order chi connectivity index (χ0) is 19.2. The molecule has 0 bridgehead atoms. The van der Waals surface area contributed by atoms with E-state index in [1.54, 1.807) is 11.0 Å². The molecule has 0 saturated carbocycles. The van der Waals surface area contributed by atoms with Crippen molar-refractivity contribution in [2.75, 3.05) is 17.3 Å². The van der Waals surface area contributed by atoms with Crippen LogP contribution in [0.3, 0.4) is 0 Å². The molecular weight excluding hydrogens is 356 g/mol. The molecule has 4 nitrogen and oxygen atoms in total. The van der Waals surface area contributed by atoms with E-state index in [2.05, 4.69) is 11.6 Å². The van der Waals surface area contributed by atoms with E-state index in [0.717, 1.165) is 22.6 Å². The van der Waals surface area contributed by atoms with Gasteiger partial charge in [0.25, 0.3) is 5.91 Å². The number of aliphatic imine (C=N–C) groups is 1. The Labute approximate surface area is 164 Å². The molecule has 0 saturated heterocycles. The van der Waals surface area contributed by atoms with E-state index >= 15 is 0 Å². The second-order valence-electron chi connectivity index (χ2n) is 6.01. The minimum atomic E-state index is -0.124. The summed E-state index contributed by atoms with van der Waals surface area (Å²) in [7, 11) is 0. The molecule has 0 unspecified atom stereocenters. The molecule has 1 aliphatic rings. The monoisotopic (exact) mass is 378 g/mol. The van der Waals surface area contributed by atoms with Crippen molar-refractivity contribution < 1.29 is 9.53 Å². The summed E-state index contributed by atoms with van der Waals surface area (Å²) in [5, 5.41) is 0.669. The first-order valence-electron chi connectivity index (χ1n) is 8.80. The van der Waals surface area contributed by atoms with Crippen molar-refractivity contribution in [2.24, 2.45) is 4.99 Å². The molecule has 0 spiro atoms. The molecule has 1 aliphatic heterocycles. The minimum Gasteiger partial charge on any atom is -0.494 e. The molecule has 2 aromatic carbocycles. The standard InChI is InChI=1S/C22H22N2O2S/c1-4-13-27-22-23-20(15-17-9-11-19(12-10-17)26-5-2)21(25)24(22)18-8-6-7-16(3)14-18/h4,6-12,14-15H,1,5,13H2,2-3H3/b20-15+. The molecule has 1 heterocycles. The van der Waals surface area contributed by atoms with E-state index in [1.807, 2.05) is 68.5 Å². The van der Waals surface area contributed by atoms with Crippen molar-refractivity contribution in [2.45, 2.75) is 13.8 Å². The summed E-state index contributed by atoms with van der Waals surface area (Å²) in [6.45, 7) is 8.34. The highest BCUT2D eigenvalue weighted by atomic mass is 32.2. The van der Waals surface area contributed by atoms with Crippen LogP contribution in [0.1, 0.15) is 18.1 Å². The topological polar surface area (TPSA) is 41.9 Å². The molecule has 0 atom stereocenters. The Morgan fingerprint density at radius 1 is 1.22 bits per heavy atom. The summed E-state index contributed by atoms with van der Waals surface area (Å²) >= 11 is 1.50. The van der Waals surface area contributed by atoms with E-state index in [-0.39, 0.29) is 5.91 Å².